The first-order valence-electron chi connectivity index (χ1n) is 10.3. The van der Waals surface area contributed by atoms with Gasteiger partial charge in [0.05, 0.1) is 0 Å². The lowest BCUT2D eigenvalue weighted by atomic mass is 9.87. The number of fused-ring (bicyclic) bond motifs is 1. The van der Waals surface area contributed by atoms with Crippen LogP contribution in [0.4, 0.5) is 0 Å². The first-order chi connectivity index (χ1) is 12.2. The highest BCUT2D eigenvalue weighted by Crippen LogP contribution is 2.29. The van der Waals surface area contributed by atoms with E-state index in [-0.39, 0.29) is 5.92 Å². The van der Waals surface area contributed by atoms with Crippen LogP contribution in [-0.2, 0) is 0 Å². The molecular weight excluding hydrogens is 306 g/mol. The summed E-state index contributed by atoms with van der Waals surface area (Å²) in [7, 11) is 0. The Morgan fingerprint density at radius 3 is 2.76 bits per heavy atom. The summed E-state index contributed by atoms with van der Waals surface area (Å²) >= 11 is 0. The molecule has 2 fully saturated rings. The average Bonchev–Trinajstić information content (AvgIpc) is 3.21. The SMILES string of the molecule is CCC1C=c2cc(C(=O)C3CCCN(C4CCCC4)C3)ccc2=CC1. The third-order valence-electron chi connectivity index (χ3n) is 6.62. The molecule has 0 amide bonds. The molecule has 1 saturated carbocycles. The minimum absolute atomic E-state index is 0.196. The zero-order valence-electron chi connectivity index (χ0n) is 15.5. The van der Waals surface area contributed by atoms with E-state index in [1.165, 1.54) is 55.5 Å². The second kappa shape index (κ2) is 7.45. The van der Waals surface area contributed by atoms with Gasteiger partial charge in [0.2, 0.25) is 0 Å². The average molecular weight is 338 g/mol. The maximum absolute atomic E-state index is 13.1. The Balaban J connectivity index is 1.53. The van der Waals surface area contributed by atoms with Gasteiger partial charge in [0.1, 0.15) is 0 Å². The van der Waals surface area contributed by atoms with Crippen LogP contribution in [0.15, 0.2) is 18.2 Å². The summed E-state index contributed by atoms with van der Waals surface area (Å²) in [6.07, 6.45) is 14.7. The van der Waals surface area contributed by atoms with Gasteiger partial charge in [0.15, 0.2) is 5.78 Å². The number of likely N-dealkylation sites (tertiary alicyclic amines) is 1. The van der Waals surface area contributed by atoms with Crippen molar-refractivity contribution in [3.05, 3.63) is 34.2 Å². The highest BCUT2D eigenvalue weighted by atomic mass is 16.1. The first-order valence-corrected chi connectivity index (χ1v) is 10.3. The number of nitrogens with zero attached hydrogens (tertiary/aromatic N) is 1. The highest BCUT2D eigenvalue weighted by Gasteiger charge is 2.31. The first kappa shape index (κ1) is 17.0. The molecule has 1 saturated heterocycles. The van der Waals surface area contributed by atoms with Gasteiger partial charge in [-0.25, -0.2) is 0 Å². The van der Waals surface area contributed by atoms with Crippen LogP contribution in [0.25, 0.3) is 12.2 Å². The summed E-state index contributed by atoms with van der Waals surface area (Å²) in [5.41, 5.74) is 0.929. The van der Waals surface area contributed by atoms with Crippen molar-refractivity contribution < 1.29 is 4.79 Å². The quantitative estimate of drug-likeness (QED) is 0.784. The number of hydrogen-bond donors (Lipinski definition) is 0. The van der Waals surface area contributed by atoms with Crippen molar-refractivity contribution in [2.75, 3.05) is 13.1 Å². The molecule has 4 rings (SSSR count). The van der Waals surface area contributed by atoms with E-state index < -0.39 is 0 Å². The van der Waals surface area contributed by atoms with Crippen LogP contribution in [0.3, 0.4) is 0 Å². The molecule has 1 aromatic rings. The normalized spacial score (nSPS) is 27.4. The molecule has 134 valence electrons. The van der Waals surface area contributed by atoms with Crippen LogP contribution >= 0.6 is 0 Å². The topological polar surface area (TPSA) is 20.3 Å². The Hall–Kier alpha value is -1.41. The molecule has 1 heterocycles. The van der Waals surface area contributed by atoms with Gasteiger partial charge in [-0.2, -0.15) is 0 Å². The van der Waals surface area contributed by atoms with E-state index in [0.717, 1.165) is 31.0 Å². The number of ketones is 1. The van der Waals surface area contributed by atoms with E-state index in [1.807, 2.05) is 0 Å². The fraction of sp³-hybridized carbons (Fsp3) is 0.609. The number of rotatable bonds is 4. The fourth-order valence-electron chi connectivity index (χ4n) is 5.00. The van der Waals surface area contributed by atoms with E-state index in [4.69, 9.17) is 0 Å². The standard InChI is InChI=1S/C23H31NO/c1-2-17-9-10-18-11-12-19(15-21(18)14-17)23(25)20-6-5-13-24(16-20)22-7-3-4-8-22/h10-12,14-15,17,20,22H,2-9,13,16H2,1H3. The summed E-state index contributed by atoms with van der Waals surface area (Å²) in [5, 5.41) is 2.57. The second-order valence-corrected chi connectivity index (χ2v) is 8.26. The number of hydrogen-bond acceptors (Lipinski definition) is 2. The maximum atomic E-state index is 13.1. The third-order valence-corrected chi connectivity index (χ3v) is 6.62. The van der Waals surface area contributed by atoms with Crippen molar-refractivity contribution in [1.29, 1.82) is 0 Å². The molecule has 0 spiro atoms. The monoisotopic (exact) mass is 337 g/mol. The van der Waals surface area contributed by atoms with Crippen LogP contribution in [0.5, 0.6) is 0 Å². The largest absolute Gasteiger partial charge is 0.300 e. The van der Waals surface area contributed by atoms with E-state index in [2.05, 4.69) is 42.2 Å². The van der Waals surface area contributed by atoms with E-state index in [9.17, 15) is 4.79 Å². The minimum atomic E-state index is 0.196. The van der Waals surface area contributed by atoms with Gasteiger partial charge in [-0.1, -0.05) is 44.1 Å². The zero-order chi connectivity index (χ0) is 17.2. The second-order valence-electron chi connectivity index (χ2n) is 8.26. The molecule has 1 aromatic carbocycles. The molecule has 25 heavy (non-hydrogen) atoms. The Kier molecular flexibility index (Phi) is 5.08. The Bertz CT molecular complexity index is 744. The number of Topliss-reactive ketones (excluding diaryl/α,β-unsaturated/α-hetero) is 1. The molecule has 2 unspecified atom stereocenters. The van der Waals surface area contributed by atoms with Gasteiger partial charge in [0, 0.05) is 24.1 Å². The van der Waals surface area contributed by atoms with Crippen LogP contribution in [0.1, 0.15) is 68.6 Å². The Morgan fingerprint density at radius 2 is 1.96 bits per heavy atom. The van der Waals surface area contributed by atoms with Gasteiger partial charge in [-0.15, -0.1) is 0 Å². The van der Waals surface area contributed by atoms with Crippen molar-refractivity contribution in [1.82, 2.24) is 4.90 Å². The molecule has 0 N–H and O–H groups in total. The van der Waals surface area contributed by atoms with Gasteiger partial charge in [-0.05, 0) is 67.5 Å². The number of benzene rings is 1. The van der Waals surface area contributed by atoms with Gasteiger partial charge in [0.25, 0.3) is 0 Å². The molecule has 2 nitrogen and oxygen atoms in total. The van der Waals surface area contributed by atoms with Crippen molar-refractivity contribution in [2.24, 2.45) is 11.8 Å². The van der Waals surface area contributed by atoms with Crippen molar-refractivity contribution >= 4 is 17.9 Å². The van der Waals surface area contributed by atoms with Crippen molar-refractivity contribution in [3.8, 4) is 0 Å². The van der Waals surface area contributed by atoms with Gasteiger partial charge < -0.3 is 0 Å². The predicted molar refractivity (Wildman–Crippen MR) is 104 cm³/mol. The van der Waals surface area contributed by atoms with Crippen LogP contribution < -0.4 is 10.4 Å². The lowest BCUT2D eigenvalue weighted by Crippen LogP contribution is -2.44. The lowest BCUT2D eigenvalue weighted by molar-refractivity contribution is 0.0757. The molecule has 1 aliphatic heterocycles. The van der Waals surface area contributed by atoms with Crippen LogP contribution in [0.2, 0.25) is 0 Å². The zero-order valence-corrected chi connectivity index (χ0v) is 15.5. The maximum Gasteiger partial charge on any atom is 0.167 e. The van der Waals surface area contributed by atoms with Crippen molar-refractivity contribution in [3.63, 3.8) is 0 Å². The molecule has 2 heteroatoms. The summed E-state index contributed by atoms with van der Waals surface area (Å²) in [6.45, 7) is 4.42. The number of carbonyl (C=O) groups excluding carboxylic acids is 1. The molecule has 2 atom stereocenters. The van der Waals surface area contributed by atoms with E-state index in [1.54, 1.807) is 0 Å². The fourth-order valence-corrected chi connectivity index (χ4v) is 5.00. The van der Waals surface area contributed by atoms with Crippen LogP contribution in [-0.4, -0.2) is 29.8 Å². The molecular formula is C23H31NO. The number of carbonyl (C=O) groups is 1. The third kappa shape index (κ3) is 3.60. The molecule has 2 aliphatic carbocycles. The number of piperidine rings is 1. The summed E-state index contributed by atoms with van der Waals surface area (Å²) < 4.78 is 0. The highest BCUT2D eigenvalue weighted by molar-refractivity contribution is 5.98. The summed E-state index contributed by atoms with van der Waals surface area (Å²) in [5.74, 6) is 1.20. The predicted octanol–water partition coefficient (Wildman–Crippen LogP) is 3.51. The van der Waals surface area contributed by atoms with E-state index in [0.29, 0.717) is 11.7 Å². The van der Waals surface area contributed by atoms with Crippen molar-refractivity contribution in [2.45, 2.75) is 64.3 Å². The van der Waals surface area contributed by atoms with E-state index >= 15 is 0 Å². The molecule has 3 aliphatic rings. The Labute approximate surface area is 151 Å². The smallest absolute Gasteiger partial charge is 0.167 e. The Morgan fingerprint density at radius 1 is 1.12 bits per heavy atom. The molecule has 0 aromatic heterocycles. The lowest BCUT2D eigenvalue weighted by Gasteiger charge is -2.36. The molecule has 0 bridgehead atoms. The summed E-state index contributed by atoms with van der Waals surface area (Å²) in [4.78, 5) is 15.8. The minimum Gasteiger partial charge on any atom is -0.300 e. The van der Waals surface area contributed by atoms with Gasteiger partial charge >= 0.3 is 0 Å². The molecule has 0 radical (unpaired) electrons. The van der Waals surface area contributed by atoms with Crippen LogP contribution in [0, 0.1) is 11.8 Å². The van der Waals surface area contributed by atoms with Gasteiger partial charge in [-0.3, -0.25) is 9.69 Å². The summed E-state index contributed by atoms with van der Waals surface area (Å²) in [6, 6.07) is 7.12.